The van der Waals surface area contributed by atoms with Crippen molar-refractivity contribution in [2.45, 2.75) is 24.5 Å². The number of aromatic nitrogens is 4. The van der Waals surface area contributed by atoms with Crippen molar-refractivity contribution in [3.8, 4) is 0 Å². The number of aromatic amines is 1. The molecule has 5 atom stereocenters. The predicted molar refractivity (Wildman–Crippen MR) is 89.6 cm³/mol. The van der Waals surface area contributed by atoms with Gasteiger partial charge in [0, 0.05) is 0 Å². The summed E-state index contributed by atoms with van der Waals surface area (Å²) < 4.78 is 36.6. The Morgan fingerprint density at radius 2 is 1.90 bits per heavy atom. The van der Waals surface area contributed by atoms with Gasteiger partial charge in [0.1, 0.15) is 18.3 Å². The number of phosphoric ester groups is 1. The minimum atomic E-state index is -5.32. The molecule has 20 heteroatoms. The number of nitrogens with one attached hydrogen (secondary N) is 1. The minimum Gasteiger partial charge on any atom is -1.00 e. The molecule has 3 heterocycles. The molecule has 1 saturated heterocycles. The summed E-state index contributed by atoms with van der Waals surface area (Å²) in [6.45, 7) is -0.870. The molecule has 30 heavy (non-hydrogen) atoms. The number of ether oxygens (including phenoxy) is 1. The fourth-order valence-electron chi connectivity index (χ4n) is 2.55. The van der Waals surface area contributed by atoms with Crippen LogP contribution in [0.5, 0.6) is 0 Å². The van der Waals surface area contributed by atoms with Crippen LogP contribution in [-0.4, -0.2) is 69.3 Å². The van der Waals surface area contributed by atoms with E-state index in [4.69, 9.17) is 20.3 Å². The van der Waals surface area contributed by atoms with Crippen molar-refractivity contribution in [2.75, 3.05) is 12.3 Å². The zero-order valence-electron chi connectivity index (χ0n) is 17.6. The molecule has 0 radical (unpaired) electrons. The normalized spacial score (nSPS) is 26.0. The first kappa shape index (κ1) is 28.3. The number of aliphatic hydroxyl groups excluding tert-OH is 2. The standard InChI is InChI=1S/C10H15N5O11P2.2Na.2H/c11-10-13-7-4(8(18)14-10)12-2-15(7)9-6(17)5(16)3(25-9)1-24-28(22,23)26-27(19,20)21;;;;/h2-3,5-6,9,16-17H,1H2,(H,22,23)(H2,19,20,21)(H3,11,13,14,18);;;;/q;2*+1;2*-1/t3-,5-,6-,9-;;;;/m1..../s1. The van der Waals surface area contributed by atoms with Crippen molar-refractivity contribution in [1.82, 2.24) is 19.5 Å². The number of phosphoric acid groups is 2. The third kappa shape index (κ3) is 6.42. The van der Waals surface area contributed by atoms with Gasteiger partial charge in [0.25, 0.3) is 5.56 Å². The molecule has 0 saturated carbocycles. The molecule has 0 spiro atoms. The first-order valence-corrected chi connectivity index (χ1v) is 10.4. The number of anilines is 1. The Bertz CT molecular complexity index is 1050. The SMILES string of the molecule is Nc1nc2c(ncn2[C@@H]2O[C@H](COP(=O)(O)OP(=O)(O)O)[C@@H](O)[C@H]2O)c(=O)[nH]1.[H-].[H-].[Na+].[Na+]. The Kier molecular flexibility index (Phi) is 9.90. The molecule has 1 unspecified atom stereocenters. The van der Waals surface area contributed by atoms with Crippen LogP contribution >= 0.6 is 15.6 Å². The molecule has 8 N–H and O–H groups in total. The fourth-order valence-corrected chi connectivity index (χ4v) is 4.15. The molecular weight excluding hydrogens is 474 g/mol. The molecule has 1 aliphatic heterocycles. The third-order valence-electron chi connectivity index (χ3n) is 3.67. The number of hydrogen-bond acceptors (Lipinski definition) is 11. The fraction of sp³-hybridized carbons (Fsp3) is 0.500. The molecule has 0 bridgehead atoms. The third-order valence-corrected chi connectivity index (χ3v) is 5.83. The average molecular weight is 491 g/mol. The number of nitrogens with zero attached hydrogens (tertiary/aromatic N) is 3. The number of nitrogen functional groups attached to an aromatic ring is 1. The summed E-state index contributed by atoms with van der Waals surface area (Å²) >= 11 is 0. The largest absolute Gasteiger partial charge is 1.00 e. The van der Waals surface area contributed by atoms with Crippen LogP contribution in [0.15, 0.2) is 11.1 Å². The number of rotatable bonds is 6. The smallest absolute Gasteiger partial charge is 1.00 e. The number of aliphatic hydroxyl groups is 2. The van der Waals surface area contributed by atoms with Gasteiger partial charge in [-0.3, -0.25) is 18.9 Å². The number of imidazole rings is 1. The van der Waals surface area contributed by atoms with Gasteiger partial charge >= 0.3 is 74.8 Å². The summed E-state index contributed by atoms with van der Waals surface area (Å²) in [6, 6.07) is 0. The summed E-state index contributed by atoms with van der Waals surface area (Å²) in [6.07, 6.45) is -4.88. The van der Waals surface area contributed by atoms with E-state index in [1.165, 1.54) is 0 Å². The van der Waals surface area contributed by atoms with Gasteiger partial charge in [-0.15, -0.1) is 0 Å². The van der Waals surface area contributed by atoms with Gasteiger partial charge in [0.2, 0.25) is 5.95 Å². The Hall–Kier alpha value is 0.290. The van der Waals surface area contributed by atoms with E-state index >= 15 is 0 Å². The van der Waals surface area contributed by atoms with Crippen LogP contribution in [0.25, 0.3) is 11.2 Å². The van der Waals surface area contributed by atoms with E-state index in [-0.39, 0.29) is 79.1 Å². The second kappa shape index (κ2) is 10.5. The number of hydrogen-bond donors (Lipinski definition) is 7. The molecule has 2 aromatic rings. The average Bonchev–Trinajstić information content (AvgIpc) is 3.06. The Balaban J connectivity index is 0. The van der Waals surface area contributed by atoms with Crippen LogP contribution in [0, 0.1) is 0 Å². The predicted octanol–water partition coefficient (Wildman–Crippen LogP) is -8.22. The van der Waals surface area contributed by atoms with Crippen molar-refractivity contribution < 1.29 is 110 Å². The zero-order valence-corrected chi connectivity index (χ0v) is 21.4. The van der Waals surface area contributed by atoms with E-state index in [2.05, 4.69) is 23.8 Å². The van der Waals surface area contributed by atoms with Gasteiger partial charge in [-0.25, -0.2) is 14.1 Å². The Morgan fingerprint density at radius 3 is 2.50 bits per heavy atom. The molecule has 0 amide bonds. The van der Waals surface area contributed by atoms with Crippen LogP contribution < -0.4 is 70.4 Å². The van der Waals surface area contributed by atoms with Gasteiger partial charge in [0.05, 0.1) is 12.9 Å². The van der Waals surface area contributed by atoms with Gasteiger partial charge in [-0.05, 0) is 0 Å². The molecule has 1 fully saturated rings. The van der Waals surface area contributed by atoms with Crippen molar-refractivity contribution in [3.05, 3.63) is 16.7 Å². The summed E-state index contributed by atoms with van der Waals surface area (Å²) in [7, 11) is -10.5. The van der Waals surface area contributed by atoms with Crippen LogP contribution in [0.1, 0.15) is 9.08 Å². The monoisotopic (exact) mass is 491 g/mol. The van der Waals surface area contributed by atoms with E-state index in [0.29, 0.717) is 0 Å². The summed E-state index contributed by atoms with van der Waals surface area (Å²) in [5.41, 5.74) is 4.65. The van der Waals surface area contributed by atoms with Crippen molar-refractivity contribution in [1.29, 1.82) is 0 Å². The van der Waals surface area contributed by atoms with Crippen molar-refractivity contribution >= 4 is 32.8 Å². The van der Waals surface area contributed by atoms with Crippen LogP contribution in [0.3, 0.4) is 0 Å². The Labute approximate surface area is 214 Å². The first-order chi connectivity index (χ1) is 12.9. The topological polar surface area (TPSA) is 253 Å². The molecule has 2 aromatic heterocycles. The second-order valence-corrected chi connectivity index (χ2v) is 8.49. The zero-order chi connectivity index (χ0) is 20.9. The van der Waals surface area contributed by atoms with Crippen molar-refractivity contribution in [3.63, 3.8) is 0 Å². The number of H-pyrrole nitrogens is 1. The quantitative estimate of drug-likeness (QED) is 0.146. The van der Waals surface area contributed by atoms with Crippen LogP contribution in [-0.2, 0) is 22.7 Å². The van der Waals surface area contributed by atoms with Gasteiger partial charge in [-0.1, -0.05) is 0 Å². The molecule has 0 aromatic carbocycles. The van der Waals surface area contributed by atoms with E-state index in [9.17, 15) is 29.0 Å². The molecule has 0 aliphatic carbocycles. The first-order valence-electron chi connectivity index (χ1n) is 7.36. The maximum absolute atomic E-state index is 11.8. The van der Waals surface area contributed by atoms with E-state index in [0.717, 1.165) is 10.9 Å². The van der Waals surface area contributed by atoms with Crippen LogP contribution in [0.2, 0.25) is 0 Å². The van der Waals surface area contributed by atoms with E-state index in [1.807, 2.05) is 0 Å². The molecule has 3 rings (SSSR count). The maximum atomic E-state index is 11.8. The minimum absolute atomic E-state index is 0. The second-order valence-electron chi connectivity index (χ2n) is 5.66. The molecule has 160 valence electrons. The summed E-state index contributed by atoms with van der Waals surface area (Å²) in [5.74, 6) is -0.233. The van der Waals surface area contributed by atoms with Gasteiger partial charge < -0.3 is 38.2 Å². The summed E-state index contributed by atoms with van der Waals surface area (Å²) in [4.78, 5) is 48.1. The molecular formula is C10H17N5Na2O11P2. The van der Waals surface area contributed by atoms with Gasteiger partial charge in [-0.2, -0.15) is 9.29 Å². The van der Waals surface area contributed by atoms with E-state index < -0.39 is 52.4 Å². The molecule has 1 aliphatic rings. The van der Waals surface area contributed by atoms with Crippen molar-refractivity contribution in [2.24, 2.45) is 0 Å². The number of nitrogens with two attached hydrogens (primary N) is 1. The molecule has 16 nitrogen and oxygen atoms in total. The number of fused-ring (bicyclic) bond motifs is 1. The van der Waals surface area contributed by atoms with Crippen LogP contribution in [0.4, 0.5) is 5.95 Å². The summed E-state index contributed by atoms with van der Waals surface area (Å²) in [5, 5.41) is 20.3. The maximum Gasteiger partial charge on any atom is 1.00 e. The van der Waals surface area contributed by atoms with E-state index in [1.54, 1.807) is 0 Å². The Morgan fingerprint density at radius 1 is 1.27 bits per heavy atom. The van der Waals surface area contributed by atoms with Gasteiger partial charge in [0.15, 0.2) is 17.4 Å².